The second-order valence-corrected chi connectivity index (χ2v) is 13.3. The van der Waals surface area contributed by atoms with Crippen LogP contribution in [0.2, 0.25) is 0 Å². The molecule has 2 aromatic heterocycles. The van der Waals surface area contributed by atoms with E-state index in [0.29, 0.717) is 59.9 Å². The van der Waals surface area contributed by atoms with Crippen molar-refractivity contribution in [1.82, 2.24) is 29.6 Å². The first-order valence-electron chi connectivity index (χ1n) is 13.2. The first-order chi connectivity index (χ1) is 19.1. The number of benzene rings is 1. The molecular weight excluding hydrogens is 560 g/mol. The monoisotopic (exact) mass is 587 g/mol. The highest BCUT2D eigenvalue weighted by Gasteiger charge is 2.47. The van der Waals surface area contributed by atoms with Crippen molar-refractivity contribution in [3.63, 3.8) is 0 Å². The third kappa shape index (κ3) is 4.80. The van der Waals surface area contributed by atoms with Gasteiger partial charge in [-0.2, -0.15) is 15.1 Å². The first kappa shape index (κ1) is 26.9. The first-order valence-corrected chi connectivity index (χ1v) is 15.5. The van der Waals surface area contributed by atoms with E-state index >= 15 is 0 Å². The average Bonchev–Trinajstić information content (AvgIpc) is 3.33. The number of fused-ring (bicyclic) bond motifs is 1. The molecule has 10 nitrogen and oxygen atoms in total. The van der Waals surface area contributed by atoms with E-state index in [1.165, 1.54) is 6.07 Å². The smallest absolute Gasteiger partial charge is 0.291 e. The number of hydrogen-bond acceptors (Lipinski definition) is 8. The molecule has 3 heterocycles. The maximum atomic E-state index is 13.5. The fourth-order valence-corrected chi connectivity index (χ4v) is 7.67. The second kappa shape index (κ2) is 9.97. The van der Waals surface area contributed by atoms with Gasteiger partial charge in [0.05, 0.1) is 16.5 Å². The standard InChI is InChI=1S/C26H27F2N7O3S2/c1-34-21-18(15-4-6-16(7-5-15)25(36)35-10-2-3-11-35)12-17(40(37,38)33-26(14-29)8-9-26)13-19(21)20(32-34)23-30-31-24(39-23)22(27)28/h4,12-13,16,22,33H,2-3,5-11H2,1H3. The molecule has 0 radical (unpaired) electrons. The Kier molecular flexibility index (Phi) is 6.71. The van der Waals surface area contributed by atoms with Gasteiger partial charge in [0.1, 0.15) is 11.2 Å². The molecule has 1 saturated carbocycles. The number of likely N-dealkylation sites (tertiary alicyclic amines) is 1. The molecule has 0 spiro atoms. The highest BCUT2D eigenvalue weighted by molar-refractivity contribution is 7.89. The van der Waals surface area contributed by atoms with Crippen LogP contribution in [0.1, 0.15) is 61.9 Å². The quantitative estimate of drug-likeness (QED) is 0.439. The van der Waals surface area contributed by atoms with Gasteiger partial charge in [0.15, 0.2) is 10.0 Å². The van der Waals surface area contributed by atoms with E-state index in [1.807, 2.05) is 17.0 Å². The molecule has 6 rings (SSSR count). The van der Waals surface area contributed by atoms with Gasteiger partial charge in [-0.25, -0.2) is 17.2 Å². The van der Waals surface area contributed by atoms with E-state index in [0.717, 1.165) is 31.5 Å². The molecule has 3 aliphatic rings. The lowest BCUT2D eigenvalue weighted by Gasteiger charge is -2.26. The van der Waals surface area contributed by atoms with Crippen LogP contribution in [-0.4, -0.2) is 57.8 Å². The summed E-state index contributed by atoms with van der Waals surface area (Å²) in [5.41, 5.74) is 1.27. The van der Waals surface area contributed by atoms with Gasteiger partial charge in [-0.1, -0.05) is 17.4 Å². The van der Waals surface area contributed by atoms with Crippen LogP contribution in [0.5, 0.6) is 0 Å². The molecule has 1 saturated heterocycles. The molecule has 1 atom stereocenters. The van der Waals surface area contributed by atoms with Crippen molar-refractivity contribution in [2.45, 2.75) is 61.8 Å². The SMILES string of the molecule is Cn1nc(-c2nnc(C(F)F)s2)c2cc(S(=O)(=O)NC3(C#N)CC3)cc(C3=CCC(C(=O)N4CCCC4)CC3)c21. The summed E-state index contributed by atoms with van der Waals surface area (Å²) in [6.07, 6.45) is 3.83. The van der Waals surface area contributed by atoms with Crippen molar-refractivity contribution in [3.05, 3.63) is 28.8 Å². The summed E-state index contributed by atoms with van der Waals surface area (Å²) in [5, 5.41) is 21.6. The average molecular weight is 588 g/mol. The van der Waals surface area contributed by atoms with Crippen LogP contribution in [0, 0.1) is 17.2 Å². The minimum atomic E-state index is -4.10. The van der Waals surface area contributed by atoms with E-state index in [2.05, 4.69) is 20.0 Å². The van der Waals surface area contributed by atoms with E-state index in [-0.39, 0.29) is 27.4 Å². The highest BCUT2D eigenvalue weighted by Crippen LogP contribution is 2.41. The summed E-state index contributed by atoms with van der Waals surface area (Å²) in [7, 11) is -2.40. The lowest BCUT2D eigenvalue weighted by Crippen LogP contribution is -2.35. The van der Waals surface area contributed by atoms with Crippen molar-refractivity contribution >= 4 is 43.7 Å². The maximum Gasteiger partial charge on any atom is 0.291 e. The van der Waals surface area contributed by atoms with Crippen molar-refractivity contribution in [2.24, 2.45) is 13.0 Å². The number of hydrogen-bond donors (Lipinski definition) is 1. The predicted molar refractivity (Wildman–Crippen MR) is 144 cm³/mol. The molecule has 1 amide bonds. The zero-order valence-corrected chi connectivity index (χ0v) is 23.4. The molecule has 1 aromatic carbocycles. The summed E-state index contributed by atoms with van der Waals surface area (Å²) in [6.45, 7) is 1.58. The Balaban J connectivity index is 1.45. The van der Waals surface area contributed by atoms with Gasteiger partial charge in [0.2, 0.25) is 15.9 Å². The zero-order chi connectivity index (χ0) is 28.2. The maximum absolute atomic E-state index is 13.5. The summed E-state index contributed by atoms with van der Waals surface area (Å²) >= 11 is 0.703. The summed E-state index contributed by atoms with van der Waals surface area (Å²) in [4.78, 5) is 14.8. The number of sulfonamides is 1. The van der Waals surface area contributed by atoms with Crippen LogP contribution in [0.3, 0.4) is 0 Å². The van der Waals surface area contributed by atoms with Gasteiger partial charge in [-0.15, -0.1) is 10.2 Å². The van der Waals surface area contributed by atoms with Crippen LogP contribution in [0.25, 0.3) is 27.2 Å². The fraction of sp³-hybridized carbons (Fsp3) is 0.500. The van der Waals surface area contributed by atoms with Gasteiger partial charge in [-0.05, 0) is 62.7 Å². The van der Waals surface area contributed by atoms with Crippen LogP contribution in [-0.2, 0) is 21.9 Å². The van der Waals surface area contributed by atoms with E-state index in [1.54, 1.807) is 17.8 Å². The number of alkyl halides is 2. The van der Waals surface area contributed by atoms with Gasteiger partial charge in [0, 0.05) is 37.0 Å². The van der Waals surface area contributed by atoms with Crippen molar-refractivity contribution in [2.75, 3.05) is 13.1 Å². The van der Waals surface area contributed by atoms with Crippen LogP contribution >= 0.6 is 11.3 Å². The van der Waals surface area contributed by atoms with E-state index < -0.39 is 27.0 Å². The minimum absolute atomic E-state index is 0.0551. The Morgan fingerprint density at radius 2 is 2.00 bits per heavy atom. The van der Waals surface area contributed by atoms with Crippen molar-refractivity contribution in [3.8, 4) is 16.8 Å². The third-order valence-corrected chi connectivity index (χ3v) is 10.3. The van der Waals surface area contributed by atoms with Gasteiger partial charge in [-0.3, -0.25) is 9.48 Å². The second-order valence-electron chi connectivity index (χ2n) is 10.6. The Hall–Kier alpha value is -3.28. The largest absolute Gasteiger partial charge is 0.342 e. The highest BCUT2D eigenvalue weighted by atomic mass is 32.2. The number of halogens is 2. The molecule has 1 unspecified atom stereocenters. The minimum Gasteiger partial charge on any atom is -0.342 e. The Morgan fingerprint density at radius 3 is 2.60 bits per heavy atom. The molecule has 210 valence electrons. The van der Waals surface area contributed by atoms with Gasteiger partial charge >= 0.3 is 0 Å². The van der Waals surface area contributed by atoms with Crippen LogP contribution in [0.15, 0.2) is 23.1 Å². The summed E-state index contributed by atoms with van der Waals surface area (Å²) in [6, 6.07) is 5.07. The predicted octanol–water partition coefficient (Wildman–Crippen LogP) is 4.17. The Morgan fingerprint density at radius 1 is 1.25 bits per heavy atom. The molecule has 2 fully saturated rings. The molecule has 2 aliphatic carbocycles. The number of rotatable bonds is 7. The van der Waals surface area contributed by atoms with Crippen molar-refractivity contribution in [1.29, 1.82) is 5.26 Å². The molecule has 40 heavy (non-hydrogen) atoms. The molecule has 1 N–H and O–H groups in total. The van der Waals surface area contributed by atoms with Crippen LogP contribution < -0.4 is 4.72 Å². The number of carbonyl (C=O) groups is 1. The van der Waals surface area contributed by atoms with E-state index in [9.17, 15) is 27.3 Å². The summed E-state index contributed by atoms with van der Waals surface area (Å²) < 4.78 is 57.6. The molecular formula is C26H27F2N7O3S2. The number of aryl methyl sites for hydroxylation is 1. The lowest BCUT2D eigenvalue weighted by atomic mass is 9.85. The van der Waals surface area contributed by atoms with Crippen molar-refractivity contribution < 1.29 is 22.0 Å². The number of amides is 1. The Labute approximate surface area is 233 Å². The number of nitriles is 1. The number of nitrogens with one attached hydrogen (secondary N) is 1. The van der Waals surface area contributed by atoms with E-state index in [4.69, 9.17) is 0 Å². The zero-order valence-electron chi connectivity index (χ0n) is 21.7. The molecule has 1 aliphatic heterocycles. The van der Waals surface area contributed by atoms with Gasteiger partial charge in [0.25, 0.3) is 6.43 Å². The Bertz CT molecular complexity index is 1680. The number of carbonyl (C=O) groups excluding carboxylic acids is 1. The summed E-state index contributed by atoms with van der Waals surface area (Å²) in [5.74, 6) is 0.0474. The lowest BCUT2D eigenvalue weighted by molar-refractivity contribution is -0.134. The van der Waals surface area contributed by atoms with Gasteiger partial charge < -0.3 is 4.90 Å². The number of aromatic nitrogens is 4. The molecule has 14 heteroatoms. The molecule has 0 bridgehead atoms. The third-order valence-electron chi connectivity index (χ3n) is 7.87. The number of nitrogens with zero attached hydrogens (tertiary/aromatic N) is 6. The number of allylic oxidation sites excluding steroid dienone is 2. The molecule has 3 aromatic rings. The normalized spacial score (nSPS) is 20.6. The fourth-order valence-electron chi connectivity index (χ4n) is 5.54. The topological polar surface area (TPSA) is 134 Å². The van der Waals surface area contributed by atoms with Crippen LogP contribution in [0.4, 0.5) is 8.78 Å².